The molecule has 2 rings (SSSR count). The van der Waals surface area contributed by atoms with Gasteiger partial charge in [0, 0.05) is 24.7 Å². The second-order valence-electron chi connectivity index (χ2n) is 3.83. The van der Waals surface area contributed by atoms with E-state index in [9.17, 15) is 4.79 Å². The summed E-state index contributed by atoms with van der Waals surface area (Å²) in [5, 5.41) is 1.12. The second-order valence-corrected chi connectivity index (χ2v) is 3.83. The number of amides is 2. The van der Waals surface area contributed by atoms with Gasteiger partial charge in [-0.05, 0) is 26.0 Å². The molecule has 17 heavy (non-hydrogen) atoms. The van der Waals surface area contributed by atoms with Crippen LogP contribution in [0.4, 0.5) is 4.79 Å². The molecular weight excluding hydrogens is 214 g/mol. The molecule has 1 aromatic heterocycles. The first kappa shape index (κ1) is 11.5. The Morgan fingerprint density at radius 2 is 1.94 bits per heavy atom. The van der Waals surface area contributed by atoms with Crippen LogP contribution >= 0.6 is 0 Å². The van der Waals surface area contributed by atoms with Gasteiger partial charge in [0.2, 0.25) is 0 Å². The van der Waals surface area contributed by atoms with Crippen LogP contribution in [0.5, 0.6) is 0 Å². The molecular formula is C13H17N3O. The van der Waals surface area contributed by atoms with Crippen LogP contribution < -0.4 is 5.43 Å². The van der Waals surface area contributed by atoms with E-state index in [2.05, 4.69) is 5.43 Å². The van der Waals surface area contributed by atoms with Gasteiger partial charge < -0.3 is 4.90 Å². The molecule has 4 nitrogen and oxygen atoms in total. The molecule has 2 amide bonds. The van der Waals surface area contributed by atoms with Crippen LogP contribution in [0.1, 0.15) is 13.8 Å². The van der Waals surface area contributed by atoms with Crippen molar-refractivity contribution in [3.63, 3.8) is 0 Å². The maximum atomic E-state index is 11.9. The molecule has 0 fully saturated rings. The van der Waals surface area contributed by atoms with E-state index in [1.807, 2.05) is 50.4 Å². The van der Waals surface area contributed by atoms with Gasteiger partial charge in [0.05, 0.1) is 5.52 Å². The van der Waals surface area contributed by atoms with Gasteiger partial charge in [0.1, 0.15) is 0 Å². The van der Waals surface area contributed by atoms with Crippen LogP contribution in [0.25, 0.3) is 10.9 Å². The number of rotatable bonds is 3. The second kappa shape index (κ2) is 4.91. The van der Waals surface area contributed by atoms with E-state index in [1.54, 1.807) is 9.58 Å². The highest BCUT2D eigenvalue weighted by molar-refractivity contribution is 5.86. The summed E-state index contributed by atoms with van der Waals surface area (Å²) < 4.78 is 1.76. The predicted octanol–water partition coefficient (Wildman–Crippen LogP) is 2.65. The van der Waals surface area contributed by atoms with Gasteiger partial charge in [-0.25, -0.2) is 10.2 Å². The van der Waals surface area contributed by atoms with Gasteiger partial charge >= 0.3 is 6.03 Å². The smallest absolute Gasteiger partial charge is 0.324 e. The number of nitrogens with one attached hydrogen (secondary N) is 1. The average Bonchev–Trinajstić information content (AvgIpc) is 2.74. The lowest BCUT2D eigenvalue weighted by Crippen LogP contribution is -2.38. The van der Waals surface area contributed by atoms with Crippen LogP contribution in [0.15, 0.2) is 36.5 Å². The first-order valence-corrected chi connectivity index (χ1v) is 5.88. The van der Waals surface area contributed by atoms with Crippen LogP contribution in [0, 0.1) is 0 Å². The van der Waals surface area contributed by atoms with Gasteiger partial charge in [-0.2, -0.15) is 0 Å². The summed E-state index contributed by atoms with van der Waals surface area (Å²) in [6, 6.07) is 9.86. The Bertz CT molecular complexity index is 514. The van der Waals surface area contributed by atoms with Crippen LogP contribution in [-0.4, -0.2) is 28.7 Å². The monoisotopic (exact) mass is 231 g/mol. The summed E-state index contributed by atoms with van der Waals surface area (Å²) in [5.74, 6) is 0. The van der Waals surface area contributed by atoms with Crippen molar-refractivity contribution < 1.29 is 4.79 Å². The lowest BCUT2D eigenvalue weighted by molar-refractivity contribution is 0.214. The Hall–Kier alpha value is -1.97. The highest BCUT2D eigenvalue weighted by Crippen LogP contribution is 2.13. The number of benzene rings is 1. The van der Waals surface area contributed by atoms with E-state index in [0.29, 0.717) is 13.1 Å². The van der Waals surface area contributed by atoms with Gasteiger partial charge in [-0.3, -0.25) is 4.68 Å². The zero-order valence-electron chi connectivity index (χ0n) is 10.2. The Balaban J connectivity index is 2.21. The van der Waals surface area contributed by atoms with Crippen molar-refractivity contribution in [1.29, 1.82) is 0 Å². The maximum Gasteiger partial charge on any atom is 0.336 e. The lowest BCUT2D eigenvalue weighted by Gasteiger charge is -2.19. The van der Waals surface area contributed by atoms with E-state index in [4.69, 9.17) is 0 Å². The standard InChI is InChI=1S/C13H17N3O/c1-3-15(4-2)13(17)14-16-10-9-11-7-5-6-8-12(11)16/h5-10H,3-4H2,1-2H3,(H,14,17). The molecule has 90 valence electrons. The minimum atomic E-state index is -0.0728. The topological polar surface area (TPSA) is 37.3 Å². The molecule has 0 spiro atoms. The van der Waals surface area contributed by atoms with Crippen molar-refractivity contribution in [2.75, 3.05) is 18.5 Å². The SMILES string of the molecule is CCN(CC)C(=O)Nn1ccc2ccccc21. The van der Waals surface area contributed by atoms with Gasteiger partial charge in [-0.1, -0.05) is 18.2 Å². The molecule has 1 heterocycles. The van der Waals surface area contributed by atoms with Crippen molar-refractivity contribution in [2.24, 2.45) is 0 Å². The molecule has 0 aliphatic rings. The highest BCUT2D eigenvalue weighted by atomic mass is 16.2. The first-order valence-electron chi connectivity index (χ1n) is 5.88. The van der Waals surface area contributed by atoms with E-state index >= 15 is 0 Å². The summed E-state index contributed by atoms with van der Waals surface area (Å²) in [4.78, 5) is 13.7. The van der Waals surface area contributed by atoms with Crippen molar-refractivity contribution in [2.45, 2.75) is 13.8 Å². The minimum absolute atomic E-state index is 0.0728. The molecule has 0 unspecified atom stereocenters. The fourth-order valence-electron chi connectivity index (χ4n) is 1.87. The zero-order chi connectivity index (χ0) is 12.3. The van der Waals surface area contributed by atoms with Crippen molar-refractivity contribution in [1.82, 2.24) is 9.58 Å². The number of hydrogen-bond donors (Lipinski definition) is 1. The number of carbonyl (C=O) groups excluding carboxylic acids is 1. The Morgan fingerprint density at radius 1 is 1.24 bits per heavy atom. The third-order valence-corrected chi connectivity index (χ3v) is 2.87. The van der Waals surface area contributed by atoms with Crippen LogP contribution in [0.3, 0.4) is 0 Å². The summed E-state index contributed by atoms with van der Waals surface area (Å²) in [7, 11) is 0. The molecule has 0 atom stereocenters. The number of hydrogen-bond acceptors (Lipinski definition) is 1. The van der Waals surface area contributed by atoms with Crippen LogP contribution in [-0.2, 0) is 0 Å². The largest absolute Gasteiger partial charge is 0.336 e. The Morgan fingerprint density at radius 3 is 2.65 bits per heavy atom. The van der Waals surface area contributed by atoms with Crippen molar-refractivity contribution in [3.8, 4) is 0 Å². The summed E-state index contributed by atoms with van der Waals surface area (Å²) >= 11 is 0. The van der Waals surface area contributed by atoms with Gasteiger partial charge in [0.15, 0.2) is 0 Å². The third-order valence-electron chi connectivity index (χ3n) is 2.87. The number of aromatic nitrogens is 1. The number of fused-ring (bicyclic) bond motifs is 1. The van der Waals surface area contributed by atoms with E-state index in [1.165, 1.54) is 0 Å². The van der Waals surface area contributed by atoms with E-state index in [0.717, 1.165) is 10.9 Å². The molecule has 4 heteroatoms. The number of nitrogens with zero attached hydrogens (tertiary/aromatic N) is 2. The van der Waals surface area contributed by atoms with E-state index in [-0.39, 0.29) is 6.03 Å². The lowest BCUT2D eigenvalue weighted by atomic mass is 10.3. The summed E-state index contributed by atoms with van der Waals surface area (Å²) in [6.07, 6.45) is 1.87. The zero-order valence-corrected chi connectivity index (χ0v) is 10.2. The predicted molar refractivity (Wildman–Crippen MR) is 69.6 cm³/mol. The molecule has 0 bridgehead atoms. The average molecular weight is 231 g/mol. The molecule has 2 aromatic rings. The quantitative estimate of drug-likeness (QED) is 0.866. The van der Waals surface area contributed by atoms with Crippen molar-refractivity contribution in [3.05, 3.63) is 36.5 Å². The summed E-state index contributed by atoms with van der Waals surface area (Å²) in [6.45, 7) is 5.36. The molecule has 0 saturated heterocycles. The molecule has 0 saturated carbocycles. The first-order chi connectivity index (χ1) is 8.26. The highest BCUT2D eigenvalue weighted by Gasteiger charge is 2.09. The van der Waals surface area contributed by atoms with E-state index < -0.39 is 0 Å². The van der Waals surface area contributed by atoms with Gasteiger partial charge in [-0.15, -0.1) is 0 Å². The summed E-state index contributed by atoms with van der Waals surface area (Å²) in [5.41, 5.74) is 3.88. The number of para-hydroxylation sites is 1. The Kier molecular flexibility index (Phi) is 3.32. The molecule has 1 N–H and O–H groups in total. The maximum absolute atomic E-state index is 11.9. The molecule has 0 aliphatic heterocycles. The fourth-order valence-corrected chi connectivity index (χ4v) is 1.87. The number of urea groups is 1. The molecule has 0 radical (unpaired) electrons. The molecule has 0 aliphatic carbocycles. The fraction of sp³-hybridized carbons (Fsp3) is 0.308. The van der Waals surface area contributed by atoms with Gasteiger partial charge in [0.25, 0.3) is 0 Å². The minimum Gasteiger partial charge on any atom is -0.324 e. The van der Waals surface area contributed by atoms with Crippen LogP contribution in [0.2, 0.25) is 0 Å². The Labute approximate surface area is 101 Å². The van der Waals surface area contributed by atoms with Crippen molar-refractivity contribution >= 4 is 16.9 Å². The normalized spacial score (nSPS) is 10.5. The number of carbonyl (C=O) groups is 1. The molecule has 1 aromatic carbocycles. The third kappa shape index (κ3) is 2.25.